The van der Waals surface area contributed by atoms with Crippen LogP contribution in [-0.4, -0.2) is 13.9 Å². The quantitative estimate of drug-likeness (QED) is 0.255. The number of methoxy groups -OCH3 is 1. The molecule has 168 valence electrons. The highest BCUT2D eigenvalue weighted by molar-refractivity contribution is 5.96. The fourth-order valence-electron chi connectivity index (χ4n) is 4.35. The van der Waals surface area contributed by atoms with E-state index in [2.05, 4.69) is 0 Å². The van der Waals surface area contributed by atoms with Gasteiger partial charge in [0.1, 0.15) is 16.7 Å². The zero-order valence-electron chi connectivity index (χ0n) is 18.3. The van der Waals surface area contributed by atoms with E-state index >= 15 is 0 Å². The molecule has 1 aliphatic heterocycles. The average molecular weight is 452 g/mol. The number of hydrogen-bond acceptors (Lipinski definition) is 6. The summed E-state index contributed by atoms with van der Waals surface area (Å²) < 4.78 is 29.9. The maximum Gasteiger partial charge on any atom is 0.305 e. The summed E-state index contributed by atoms with van der Waals surface area (Å²) in [6.45, 7) is 0.0222. The van der Waals surface area contributed by atoms with Gasteiger partial charge in [-0.05, 0) is 24.3 Å². The second kappa shape index (κ2) is 7.93. The first-order chi connectivity index (χ1) is 16.7. The molecule has 0 saturated carbocycles. The average Bonchev–Trinajstić information content (AvgIpc) is 3.30. The number of ether oxygens (including phenoxy) is 4. The number of benzene rings is 4. The lowest BCUT2D eigenvalue weighted by atomic mass is 9.97. The van der Waals surface area contributed by atoms with Gasteiger partial charge in [-0.1, -0.05) is 66.7 Å². The molecule has 6 nitrogen and oxygen atoms in total. The third kappa shape index (κ3) is 3.03. The summed E-state index contributed by atoms with van der Waals surface area (Å²) in [5.41, 5.74) is 2.15. The Balaban J connectivity index is 1.57. The van der Waals surface area contributed by atoms with Crippen LogP contribution in [0.1, 0.15) is 11.1 Å². The zero-order chi connectivity index (χ0) is 23.1. The van der Waals surface area contributed by atoms with Crippen molar-refractivity contribution >= 4 is 21.9 Å². The second-order valence-corrected chi connectivity index (χ2v) is 7.93. The van der Waals surface area contributed by atoms with Gasteiger partial charge in [-0.3, -0.25) is 4.79 Å². The fourth-order valence-corrected chi connectivity index (χ4v) is 4.35. The van der Waals surface area contributed by atoms with Crippen LogP contribution in [0.15, 0.2) is 100 Å². The summed E-state index contributed by atoms with van der Waals surface area (Å²) in [5, 5.41) is 0.725. The lowest BCUT2D eigenvalue weighted by Crippen LogP contribution is -2.36. The van der Waals surface area contributed by atoms with Gasteiger partial charge in [0, 0.05) is 18.2 Å². The van der Waals surface area contributed by atoms with Crippen LogP contribution >= 0.6 is 0 Å². The molecule has 1 aliphatic rings. The summed E-state index contributed by atoms with van der Waals surface area (Å²) >= 11 is 0. The Hall–Kier alpha value is -4.29. The zero-order valence-corrected chi connectivity index (χ0v) is 18.3. The Morgan fingerprint density at radius 1 is 0.794 bits per heavy atom. The maximum atomic E-state index is 13.5. The number of rotatable bonds is 5. The molecule has 5 aromatic rings. The molecule has 6 heteroatoms. The minimum absolute atomic E-state index is 0.0222. The molecule has 0 aliphatic carbocycles. The summed E-state index contributed by atoms with van der Waals surface area (Å²) in [4.78, 5) is 13.5. The van der Waals surface area contributed by atoms with Crippen molar-refractivity contribution in [2.45, 2.75) is 5.79 Å². The van der Waals surface area contributed by atoms with Crippen LogP contribution in [0.25, 0.3) is 21.9 Å². The Bertz CT molecular complexity index is 1520. The van der Waals surface area contributed by atoms with Gasteiger partial charge in [-0.2, -0.15) is 0 Å². The van der Waals surface area contributed by atoms with Crippen LogP contribution in [0.4, 0.5) is 0 Å². The molecule has 0 fully saturated rings. The molecule has 4 aromatic carbocycles. The predicted octanol–water partition coefficient (Wildman–Crippen LogP) is 5.60. The molecule has 0 saturated heterocycles. The first kappa shape index (κ1) is 20.3. The topological polar surface area (TPSA) is 67.1 Å². The highest BCUT2D eigenvalue weighted by Crippen LogP contribution is 2.50. The largest absolute Gasteiger partial charge is 0.467 e. The van der Waals surface area contributed by atoms with Crippen LogP contribution in [0, 0.1) is 0 Å². The fraction of sp³-hybridized carbons (Fsp3) is 0.107. The molecule has 1 aromatic heterocycles. The van der Waals surface area contributed by atoms with E-state index in [4.69, 9.17) is 23.4 Å². The molecular formula is C28H20O6. The van der Waals surface area contributed by atoms with Crippen LogP contribution in [0.2, 0.25) is 0 Å². The van der Waals surface area contributed by atoms with Gasteiger partial charge < -0.3 is 23.4 Å². The Morgan fingerprint density at radius 3 is 2.18 bits per heavy atom. The lowest BCUT2D eigenvalue weighted by Gasteiger charge is -2.28. The van der Waals surface area contributed by atoms with Gasteiger partial charge >= 0.3 is 5.79 Å². The highest BCUT2D eigenvalue weighted by Gasteiger charge is 2.46. The number of fused-ring (bicyclic) bond motifs is 4. The monoisotopic (exact) mass is 452 g/mol. The van der Waals surface area contributed by atoms with Crippen LogP contribution in [-0.2, 0) is 10.5 Å². The van der Waals surface area contributed by atoms with E-state index in [1.807, 2.05) is 60.7 Å². The molecule has 0 N–H and O–H groups in total. The third-order valence-corrected chi connectivity index (χ3v) is 5.89. The minimum atomic E-state index is -1.21. The van der Waals surface area contributed by atoms with Gasteiger partial charge in [-0.15, -0.1) is 0 Å². The molecule has 2 heterocycles. The third-order valence-electron chi connectivity index (χ3n) is 5.89. The Labute approximate surface area is 194 Å². The Morgan fingerprint density at radius 2 is 1.50 bits per heavy atom. The van der Waals surface area contributed by atoms with E-state index in [0.717, 1.165) is 11.1 Å². The molecule has 0 spiro atoms. The smallest absolute Gasteiger partial charge is 0.305 e. The summed E-state index contributed by atoms with van der Waals surface area (Å²) in [7, 11) is 1.52. The first-order valence-electron chi connectivity index (χ1n) is 10.8. The van der Waals surface area contributed by atoms with E-state index in [0.29, 0.717) is 39.2 Å². The molecule has 0 unspecified atom stereocenters. The Kier molecular flexibility index (Phi) is 4.74. The molecule has 34 heavy (non-hydrogen) atoms. The van der Waals surface area contributed by atoms with Gasteiger partial charge in [0.25, 0.3) is 0 Å². The van der Waals surface area contributed by atoms with Crippen molar-refractivity contribution in [3.8, 4) is 17.2 Å². The first-order valence-corrected chi connectivity index (χ1v) is 10.8. The van der Waals surface area contributed by atoms with Gasteiger partial charge in [0.2, 0.25) is 11.2 Å². The van der Waals surface area contributed by atoms with Crippen LogP contribution < -0.4 is 19.6 Å². The van der Waals surface area contributed by atoms with Crippen molar-refractivity contribution in [1.82, 2.24) is 0 Å². The van der Waals surface area contributed by atoms with Crippen molar-refractivity contribution in [3.05, 3.63) is 112 Å². The van der Waals surface area contributed by atoms with Crippen molar-refractivity contribution in [3.63, 3.8) is 0 Å². The molecule has 0 atom stereocenters. The summed E-state index contributed by atoms with van der Waals surface area (Å²) in [6.07, 6.45) is 0. The minimum Gasteiger partial charge on any atom is -0.467 e. The van der Waals surface area contributed by atoms with Crippen LogP contribution in [0.5, 0.6) is 17.2 Å². The van der Waals surface area contributed by atoms with Gasteiger partial charge in [0.15, 0.2) is 18.1 Å². The van der Waals surface area contributed by atoms with E-state index in [-0.39, 0.29) is 12.2 Å². The predicted molar refractivity (Wildman–Crippen MR) is 127 cm³/mol. The van der Waals surface area contributed by atoms with Gasteiger partial charge in [-0.25, -0.2) is 0 Å². The molecular weight excluding hydrogens is 432 g/mol. The molecule has 6 rings (SSSR count). The normalized spacial score (nSPS) is 13.9. The van der Waals surface area contributed by atoms with E-state index in [9.17, 15) is 4.79 Å². The van der Waals surface area contributed by atoms with Crippen molar-refractivity contribution in [1.29, 1.82) is 0 Å². The molecule has 0 amide bonds. The van der Waals surface area contributed by atoms with E-state index in [1.165, 1.54) is 7.11 Å². The molecule has 0 radical (unpaired) electrons. The summed E-state index contributed by atoms with van der Waals surface area (Å²) in [6, 6.07) is 28.1. The van der Waals surface area contributed by atoms with Crippen molar-refractivity contribution < 1.29 is 23.4 Å². The van der Waals surface area contributed by atoms with Gasteiger partial charge in [0.05, 0.1) is 5.39 Å². The molecule has 0 bridgehead atoms. The second-order valence-electron chi connectivity index (χ2n) is 7.93. The van der Waals surface area contributed by atoms with Crippen LogP contribution in [0.3, 0.4) is 0 Å². The number of hydrogen-bond donors (Lipinski definition) is 0. The lowest BCUT2D eigenvalue weighted by molar-refractivity contribution is -0.0456. The summed E-state index contributed by atoms with van der Waals surface area (Å²) in [5.74, 6) is 0.0632. The van der Waals surface area contributed by atoms with Crippen molar-refractivity contribution in [2.24, 2.45) is 0 Å². The standard InChI is InChI=1S/C28H20O6/c1-30-17-31-21-13-8-14-22-24(21)25(29)20-15-16-23-27(26(20)32-22)34-28(33-23,18-9-4-2-5-10-18)19-11-6-3-7-12-19/h2-16H,17H2,1H3. The maximum absolute atomic E-state index is 13.5. The highest BCUT2D eigenvalue weighted by atomic mass is 16.7. The van der Waals surface area contributed by atoms with E-state index < -0.39 is 5.79 Å². The van der Waals surface area contributed by atoms with E-state index in [1.54, 1.807) is 30.3 Å². The SMILES string of the molecule is COCOc1cccc2oc3c4c(ccc3c(=O)c12)OC(c1ccccc1)(c1ccccc1)O4. The van der Waals surface area contributed by atoms with Crippen molar-refractivity contribution in [2.75, 3.05) is 13.9 Å².